The van der Waals surface area contributed by atoms with Crippen molar-refractivity contribution in [3.05, 3.63) is 35.8 Å². The lowest BCUT2D eigenvalue weighted by molar-refractivity contribution is -0.170. The van der Waals surface area contributed by atoms with Crippen molar-refractivity contribution in [1.82, 2.24) is 0 Å². The van der Waals surface area contributed by atoms with Crippen molar-refractivity contribution < 1.29 is 28.5 Å². The summed E-state index contributed by atoms with van der Waals surface area (Å²) in [5, 5.41) is 11.7. The number of hydrogen-bond acceptors (Lipinski definition) is 6. The van der Waals surface area contributed by atoms with Gasteiger partial charge in [0, 0.05) is 25.5 Å². The van der Waals surface area contributed by atoms with Crippen LogP contribution in [0.2, 0.25) is 0 Å². The third-order valence-corrected chi connectivity index (χ3v) is 9.95. The molecule has 2 heterocycles. The van der Waals surface area contributed by atoms with Gasteiger partial charge < -0.3 is 23.7 Å². The maximum Gasteiger partial charge on any atom is 0.303 e. The summed E-state index contributed by atoms with van der Waals surface area (Å²) < 4.78 is 22.9. The maximum absolute atomic E-state index is 11.8. The van der Waals surface area contributed by atoms with E-state index >= 15 is 0 Å². The van der Waals surface area contributed by atoms with Gasteiger partial charge in [-0.3, -0.25) is 4.79 Å². The van der Waals surface area contributed by atoms with Gasteiger partial charge in [-0.15, -0.1) is 0 Å². The van der Waals surface area contributed by atoms with Crippen LogP contribution >= 0.6 is 0 Å². The Morgan fingerprint density at radius 3 is 2.66 bits per heavy atom. The van der Waals surface area contributed by atoms with E-state index in [1.54, 1.807) is 12.5 Å². The van der Waals surface area contributed by atoms with E-state index in [1.165, 1.54) is 31.8 Å². The molecule has 1 unspecified atom stereocenters. The predicted molar refractivity (Wildman–Crippen MR) is 147 cm³/mol. The van der Waals surface area contributed by atoms with Gasteiger partial charge in [0.2, 0.25) is 0 Å². The van der Waals surface area contributed by atoms with E-state index in [9.17, 15) is 9.90 Å². The number of hydrogen-bond donors (Lipinski definition) is 1. The van der Waals surface area contributed by atoms with Crippen molar-refractivity contribution in [3.63, 3.8) is 0 Å². The first-order valence-electron chi connectivity index (χ1n) is 14.8. The molecule has 1 saturated heterocycles. The lowest BCUT2D eigenvalue weighted by Gasteiger charge is -2.61. The van der Waals surface area contributed by atoms with Crippen LogP contribution in [0.25, 0.3) is 0 Å². The number of carbonyl (C=O) groups excluding carboxylic acids is 1. The molecule has 38 heavy (non-hydrogen) atoms. The van der Waals surface area contributed by atoms with Gasteiger partial charge in [-0.2, -0.15) is 0 Å². The van der Waals surface area contributed by atoms with Gasteiger partial charge in [-0.05, 0) is 99.0 Å². The fourth-order valence-electron chi connectivity index (χ4n) is 8.06. The Labute approximate surface area is 229 Å². The molecule has 3 fully saturated rings. The molecule has 0 bridgehead atoms. The quantitative estimate of drug-likeness (QED) is 0.249. The monoisotopic (exact) mass is 530 g/mol. The molecular formula is C32H50O6. The molecule has 0 aromatic carbocycles. The standard InChI is InChI=1S/C32H50O6/c1-23(33)38-26(25-15-20-35-22-25)12-10-24(21-37-29-9-6-7-19-36-29)11-13-28-31(4)17-8-16-30(2,3)27(31)14-18-32(28,5)34/h10,15,20,22,26-29,34H,6-9,11-14,16-19,21H2,1-5H3/b24-10-/t26-,27-,28+,29?,31-,32+/m0/s1. The third kappa shape index (κ3) is 6.92. The van der Waals surface area contributed by atoms with Gasteiger partial charge in [0.25, 0.3) is 0 Å². The van der Waals surface area contributed by atoms with Gasteiger partial charge in [0.15, 0.2) is 6.29 Å². The Hall–Kier alpha value is -1.63. The molecule has 0 radical (unpaired) electrons. The summed E-state index contributed by atoms with van der Waals surface area (Å²) in [6.07, 6.45) is 15.9. The molecule has 1 aromatic heterocycles. The van der Waals surface area contributed by atoms with E-state index in [4.69, 9.17) is 18.6 Å². The van der Waals surface area contributed by atoms with E-state index in [2.05, 4.69) is 33.8 Å². The molecule has 4 rings (SSSR count). The Balaban J connectivity index is 1.52. The van der Waals surface area contributed by atoms with E-state index in [1.807, 2.05) is 6.07 Å². The van der Waals surface area contributed by atoms with E-state index in [0.717, 1.165) is 57.1 Å². The van der Waals surface area contributed by atoms with Crippen LogP contribution in [0.3, 0.4) is 0 Å². The largest absolute Gasteiger partial charge is 0.472 e. The smallest absolute Gasteiger partial charge is 0.303 e. The molecule has 2 aliphatic carbocycles. The molecular weight excluding hydrogens is 480 g/mol. The van der Waals surface area contributed by atoms with E-state index < -0.39 is 11.7 Å². The Morgan fingerprint density at radius 1 is 1.16 bits per heavy atom. The first-order valence-corrected chi connectivity index (χ1v) is 14.8. The zero-order chi connectivity index (χ0) is 27.4. The predicted octanol–water partition coefficient (Wildman–Crippen LogP) is 7.52. The molecule has 0 spiro atoms. The Bertz CT molecular complexity index is 926. The normalized spacial score (nSPS) is 34.4. The highest BCUT2D eigenvalue weighted by Gasteiger charge is 2.57. The summed E-state index contributed by atoms with van der Waals surface area (Å²) in [4.78, 5) is 11.8. The molecule has 2 saturated carbocycles. The number of furan rings is 1. The molecule has 1 N–H and O–H groups in total. The number of carbonyl (C=O) groups is 1. The van der Waals surface area contributed by atoms with Crippen molar-refractivity contribution in [2.45, 2.75) is 123 Å². The van der Waals surface area contributed by atoms with Crippen molar-refractivity contribution in [1.29, 1.82) is 0 Å². The molecule has 3 aliphatic rings. The van der Waals surface area contributed by atoms with Crippen LogP contribution in [0.4, 0.5) is 0 Å². The van der Waals surface area contributed by atoms with Gasteiger partial charge in [0.1, 0.15) is 6.10 Å². The van der Waals surface area contributed by atoms with Gasteiger partial charge in [-0.25, -0.2) is 0 Å². The second-order valence-corrected chi connectivity index (χ2v) is 13.2. The Morgan fingerprint density at radius 2 is 1.97 bits per heavy atom. The van der Waals surface area contributed by atoms with E-state index in [0.29, 0.717) is 24.4 Å². The Kier molecular flexibility index (Phi) is 9.47. The molecule has 6 atom stereocenters. The zero-order valence-electron chi connectivity index (χ0n) is 24.3. The first-order chi connectivity index (χ1) is 18.0. The number of ether oxygens (including phenoxy) is 3. The zero-order valence-corrected chi connectivity index (χ0v) is 24.3. The summed E-state index contributed by atoms with van der Waals surface area (Å²) in [5.41, 5.74) is 1.79. The van der Waals surface area contributed by atoms with Crippen LogP contribution in [-0.4, -0.2) is 36.2 Å². The highest BCUT2D eigenvalue weighted by atomic mass is 16.7. The second kappa shape index (κ2) is 12.3. The minimum absolute atomic E-state index is 0.124. The summed E-state index contributed by atoms with van der Waals surface area (Å²) in [5.74, 6) is 0.540. The summed E-state index contributed by atoms with van der Waals surface area (Å²) in [7, 11) is 0. The van der Waals surface area contributed by atoms with Crippen LogP contribution in [-0.2, 0) is 19.0 Å². The molecule has 1 aromatic rings. The van der Waals surface area contributed by atoms with Crippen molar-refractivity contribution >= 4 is 5.97 Å². The highest BCUT2D eigenvalue weighted by Crippen LogP contribution is 2.63. The van der Waals surface area contributed by atoms with Gasteiger partial charge in [0.05, 0.1) is 24.7 Å². The lowest BCUT2D eigenvalue weighted by Crippen LogP contribution is -2.57. The number of aliphatic hydroxyl groups is 1. The van der Waals surface area contributed by atoms with Crippen LogP contribution in [0, 0.1) is 22.7 Å². The van der Waals surface area contributed by atoms with Crippen LogP contribution in [0.1, 0.15) is 117 Å². The average molecular weight is 531 g/mol. The molecule has 6 nitrogen and oxygen atoms in total. The summed E-state index contributed by atoms with van der Waals surface area (Å²) in [6.45, 7) is 12.0. The molecule has 6 heteroatoms. The van der Waals surface area contributed by atoms with Crippen molar-refractivity contribution in [2.24, 2.45) is 22.7 Å². The number of esters is 1. The number of rotatable bonds is 10. The fraction of sp³-hybridized carbons (Fsp3) is 0.781. The topological polar surface area (TPSA) is 78.1 Å². The maximum atomic E-state index is 11.8. The minimum atomic E-state index is -0.672. The van der Waals surface area contributed by atoms with Crippen molar-refractivity contribution in [3.8, 4) is 0 Å². The lowest BCUT2D eigenvalue weighted by atomic mass is 9.45. The summed E-state index contributed by atoms with van der Waals surface area (Å²) >= 11 is 0. The molecule has 0 amide bonds. The van der Waals surface area contributed by atoms with E-state index in [-0.39, 0.29) is 23.6 Å². The second-order valence-electron chi connectivity index (χ2n) is 13.2. The third-order valence-electron chi connectivity index (χ3n) is 9.95. The van der Waals surface area contributed by atoms with Gasteiger partial charge in [-0.1, -0.05) is 33.3 Å². The fourth-order valence-corrected chi connectivity index (χ4v) is 8.06. The SMILES string of the molecule is CC(=O)O[C@@H](C/C=C(/CC[C@@H]1[C@@]2(C)CCCC(C)(C)[C@@H]2CC[C@@]1(C)O)COC1CCCCO1)c1ccoc1. The minimum Gasteiger partial charge on any atom is -0.472 e. The first kappa shape index (κ1) is 29.4. The van der Waals surface area contributed by atoms with Crippen LogP contribution < -0.4 is 0 Å². The number of fused-ring (bicyclic) bond motifs is 1. The molecule has 214 valence electrons. The highest BCUT2D eigenvalue weighted by molar-refractivity contribution is 5.66. The average Bonchev–Trinajstić information content (AvgIpc) is 3.38. The van der Waals surface area contributed by atoms with Gasteiger partial charge >= 0.3 is 5.97 Å². The van der Waals surface area contributed by atoms with Crippen LogP contribution in [0.15, 0.2) is 34.7 Å². The summed E-state index contributed by atoms with van der Waals surface area (Å²) in [6, 6.07) is 1.85. The van der Waals surface area contributed by atoms with Crippen LogP contribution in [0.5, 0.6) is 0 Å². The molecule has 1 aliphatic heterocycles. The van der Waals surface area contributed by atoms with Crippen molar-refractivity contribution in [2.75, 3.05) is 13.2 Å².